The van der Waals surface area contributed by atoms with E-state index >= 15 is 0 Å². The van der Waals surface area contributed by atoms with Gasteiger partial charge in [-0.25, -0.2) is 0 Å². The summed E-state index contributed by atoms with van der Waals surface area (Å²) in [5, 5.41) is 0. The molecule has 35 heavy (non-hydrogen) atoms. The highest BCUT2D eigenvalue weighted by Gasteiger charge is 2.56. The molecule has 0 aromatic heterocycles. The predicted octanol–water partition coefficient (Wildman–Crippen LogP) is 5.82. The zero-order valence-corrected chi connectivity index (χ0v) is 21.8. The van der Waals surface area contributed by atoms with Crippen molar-refractivity contribution in [3.05, 3.63) is 0 Å². The van der Waals surface area contributed by atoms with E-state index in [1.165, 1.54) is 64.2 Å². The Kier molecular flexibility index (Phi) is 10.3. The first-order chi connectivity index (χ1) is 17.1. The Balaban J connectivity index is 1.13. The van der Waals surface area contributed by atoms with Crippen molar-refractivity contribution >= 4 is 11.9 Å². The van der Waals surface area contributed by atoms with Gasteiger partial charge in [0.2, 0.25) is 12.6 Å². The first-order valence-electron chi connectivity index (χ1n) is 14.5. The summed E-state index contributed by atoms with van der Waals surface area (Å²) in [4.78, 5) is 25.9. The van der Waals surface area contributed by atoms with Gasteiger partial charge in [0.25, 0.3) is 0 Å². The number of unbranched alkanes of at least 4 members (excludes halogenated alkanes) is 10. The molecule has 3 heterocycles. The normalized spacial score (nSPS) is 34.7. The SMILES string of the molecule is CCCCCCCCC1OC1OC(=O)C1CC2OC2CC1C(=O)OC1OC1CCCCCCCC. The van der Waals surface area contributed by atoms with Gasteiger partial charge in [-0.15, -0.1) is 0 Å². The molecule has 0 bridgehead atoms. The van der Waals surface area contributed by atoms with Gasteiger partial charge in [0.15, 0.2) is 0 Å². The molecule has 0 N–H and O–H groups in total. The number of carbonyl (C=O) groups is 2. The van der Waals surface area contributed by atoms with E-state index in [0.29, 0.717) is 12.8 Å². The van der Waals surface area contributed by atoms with Crippen LogP contribution in [0.5, 0.6) is 0 Å². The van der Waals surface area contributed by atoms with Crippen LogP contribution in [0.1, 0.15) is 117 Å². The van der Waals surface area contributed by atoms with Crippen LogP contribution >= 0.6 is 0 Å². The lowest BCUT2D eigenvalue weighted by Crippen LogP contribution is -2.38. The largest absolute Gasteiger partial charge is 0.433 e. The lowest BCUT2D eigenvalue weighted by molar-refractivity contribution is -0.167. The Hall–Kier alpha value is -1.18. The Morgan fingerprint density at radius 3 is 1.43 bits per heavy atom. The average Bonchev–Trinajstić information content (AvgIpc) is 3.75. The van der Waals surface area contributed by atoms with E-state index in [1.807, 2.05) is 0 Å². The number of esters is 2. The minimum atomic E-state index is -0.527. The summed E-state index contributed by atoms with van der Waals surface area (Å²) < 4.78 is 28.1. The molecule has 0 spiro atoms. The smallest absolute Gasteiger partial charge is 0.312 e. The summed E-state index contributed by atoms with van der Waals surface area (Å²) >= 11 is 0. The van der Waals surface area contributed by atoms with Crippen LogP contribution in [0, 0.1) is 11.8 Å². The number of carbonyl (C=O) groups excluding carboxylic acids is 2. The van der Waals surface area contributed by atoms with Gasteiger partial charge in [0.05, 0.1) is 24.0 Å². The van der Waals surface area contributed by atoms with E-state index in [9.17, 15) is 9.59 Å². The van der Waals surface area contributed by atoms with Crippen molar-refractivity contribution in [2.24, 2.45) is 11.8 Å². The van der Waals surface area contributed by atoms with Crippen LogP contribution in [-0.4, -0.2) is 48.9 Å². The second-order valence-electron chi connectivity index (χ2n) is 11.0. The molecule has 3 saturated heterocycles. The Morgan fingerprint density at radius 2 is 1.00 bits per heavy atom. The summed E-state index contributed by atoms with van der Waals surface area (Å²) in [6.07, 6.45) is 16.9. The van der Waals surface area contributed by atoms with E-state index in [4.69, 9.17) is 23.7 Å². The zero-order chi connectivity index (χ0) is 24.6. The molecule has 4 aliphatic rings. The van der Waals surface area contributed by atoms with Crippen molar-refractivity contribution in [3.8, 4) is 0 Å². The maximum absolute atomic E-state index is 12.9. The molecule has 7 heteroatoms. The summed E-state index contributed by atoms with van der Waals surface area (Å²) in [5.41, 5.74) is 0. The van der Waals surface area contributed by atoms with Crippen molar-refractivity contribution in [2.45, 2.75) is 154 Å². The van der Waals surface area contributed by atoms with Crippen LogP contribution in [0.15, 0.2) is 0 Å². The average molecular weight is 495 g/mol. The van der Waals surface area contributed by atoms with Crippen molar-refractivity contribution in [1.29, 1.82) is 0 Å². The highest BCUT2D eigenvalue weighted by Crippen LogP contribution is 2.45. The van der Waals surface area contributed by atoms with Crippen LogP contribution in [-0.2, 0) is 33.3 Å². The summed E-state index contributed by atoms with van der Waals surface area (Å²) in [7, 11) is 0. The minimum Gasteiger partial charge on any atom is -0.433 e. The van der Waals surface area contributed by atoms with Crippen molar-refractivity contribution < 1.29 is 33.3 Å². The van der Waals surface area contributed by atoms with Gasteiger partial charge in [-0.2, -0.15) is 0 Å². The lowest BCUT2D eigenvalue weighted by atomic mass is 9.79. The number of hydrogen-bond acceptors (Lipinski definition) is 7. The Bertz CT molecular complexity index is 626. The minimum absolute atomic E-state index is 0.00614. The van der Waals surface area contributed by atoms with Gasteiger partial charge >= 0.3 is 11.9 Å². The summed E-state index contributed by atoms with van der Waals surface area (Å²) in [5.74, 6) is -1.75. The van der Waals surface area contributed by atoms with Crippen LogP contribution in [0.2, 0.25) is 0 Å². The molecule has 4 rings (SSSR count). The molecule has 3 aliphatic heterocycles. The molecule has 8 unspecified atom stereocenters. The number of ether oxygens (including phenoxy) is 5. The monoisotopic (exact) mass is 494 g/mol. The molecule has 0 radical (unpaired) electrons. The molecule has 4 fully saturated rings. The van der Waals surface area contributed by atoms with Gasteiger partial charge in [-0.05, 0) is 25.7 Å². The fourth-order valence-corrected chi connectivity index (χ4v) is 5.47. The molecular formula is C28H46O7. The fraction of sp³-hybridized carbons (Fsp3) is 0.929. The molecule has 0 aromatic rings. The van der Waals surface area contributed by atoms with Crippen LogP contribution < -0.4 is 0 Å². The molecule has 1 aliphatic carbocycles. The van der Waals surface area contributed by atoms with Crippen LogP contribution in [0.25, 0.3) is 0 Å². The third-order valence-corrected chi connectivity index (χ3v) is 7.97. The molecule has 8 atom stereocenters. The predicted molar refractivity (Wildman–Crippen MR) is 130 cm³/mol. The number of hydrogen-bond donors (Lipinski definition) is 0. The van der Waals surface area contributed by atoms with Gasteiger partial charge < -0.3 is 23.7 Å². The fourth-order valence-electron chi connectivity index (χ4n) is 5.47. The number of rotatable bonds is 18. The molecule has 0 amide bonds. The van der Waals surface area contributed by atoms with Gasteiger partial charge in [0, 0.05) is 0 Å². The van der Waals surface area contributed by atoms with E-state index in [2.05, 4.69) is 13.8 Å². The van der Waals surface area contributed by atoms with Crippen LogP contribution in [0.3, 0.4) is 0 Å². The molecule has 7 nitrogen and oxygen atoms in total. The molecular weight excluding hydrogens is 448 g/mol. The third kappa shape index (κ3) is 8.43. The quantitative estimate of drug-likeness (QED) is 0.135. The van der Waals surface area contributed by atoms with E-state index < -0.39 is 24.4 Å². The van der Waals surface area contributed by atoms with Crippen molar-refractivity contribution in [1.82, 2.24) is 0 Å². The molecule has 1 saturated carbocycles. The number of epoxide rings is 3. The lowest BCUT2D eigenvalue weighted by Gasteiger charge is -2.25. The van der Waals surface area contributed by atoms with Crippen molar-refractivity contribution in [3.63, 3.8) is 0 Å². The van der Waals surface area contributed by atoms with Crippen LogP contribution in [0.4, 0.5) is 0 Å². The second-order valence-corrected chi connectivity index (χ2v) is 11.0. The van der Waals surface area contributed by atoms with E-state index in [-0.39, 0.29) is 36.4 Å². The zero-order valence-electron chi connectivity index (χ0n) is 21.8. The van der Waals surface area contributed by atoms with Gasteiger partial charge in [-0.1, -0.05) is 90.9 Å². The maximum atomic E-state index is 12.9. The molecule has 200 valence electrons. The standard InChI is InChI=1S/C28H46O7/c1-3-5-7-9-11-13-15-21-27(32-21)34-25(29)19-17-23-24(31-23)18-20(19)26(30)35-28-22(33-28)16-14-12-10-8-6-4-2/h19-24,27-28H,3-18H2,1-2H3. The molecule has 0 aromatic carbocycles. The maximum Gasteiger partial charge on any atom is 0.312 e. The summed E-state index contributed by atoms with van der Waals surface area (Å²) in [6.45, 7) is 4.44. The van der Waals surface area contributed by atoms with Gasteiger partial charge in [-0.3, -0.25) is 9.59 Å². The summed E-state index contributed by atoms with van der Waals surface area (Å²) in [6, 6.07) is 0. The first-order valence-corrected chi connectivity index (χ1v) is 14.5. The Morgan fingerprint density at radius 1 is 0.600 bits per heavy atom. The topological polar surface area (TPSA) is 90.2 Å². The number of fused-ring (bicyclic) bond motifs is 1. The third-order valence-electron chi connectivity index (χ3n) is 7.97. The highest BCUT2D eigenvalue weighted by molar-refractivity contribution is 5.83. The highest BCUT2D eigenvalue weighted by atomic mass is 16.8. The van der Waals surface area contributed by atoms with Crippen molar-refractivity contribution in [2.75, 3.05) is 0 Å². The van der Waals surface area contributed by atoms with E-state index in [1.54, 1.807) is 0 Å². The van der Waals surface area contributed by atoms with Gasteiger partial charge in [0.1, 0.15) is 12.2 Å². The Labute approximate surface area is 210 Å². The van der Waals surface area contributed by atoms with E-state index in [0.717, 1.165) is 25.7 Å². The first kappa shape index (κ1) is 26.9. The second kappa shape index (κ2) is 13.4.